The van der Waals surface area contributed by atoms with E-state index in [4.69, 9.17) is 9.47 Å². The molecule has 8 atom stereocenters. The highest BCUT2D eigenvalue weighted by Crippen LogP contribution is 2.46. The van der Waals surface area contributed by atoms with Gasteiger partial charge in [0.25, 0.3) is 0 Å². The first-order valence-electron chi connectivity index (χ1n) is 10.4. The first kappa shape index (κ1) is 20.0. The molecule has 2 N–H and O–H groups in total. The van der Waals surface area contributed by atoms with Crippen LogP contribution in [0.15, 0.2) is 24.3 Å². The average Bonchev–Trinajstić information content (AvgIpc) is 3.39. The molecule has 2 saturated carbocycles. The summed E-state index contributed by atoms with van der Waals surface area (Å²) in [5, 5.41) is 6.06. The predicted octanol–water partition coefficient (Wildman–Crippen LogP) is 2.18. The number of hydrogen-bond acceptors (Lipinski definition) is 5. The molecular formula is C22H30N2O5. The largest absolute Gasteiger partial charge is 0.469 e. The molecule has 0 unspecified atom stereocenters. The fourth-order valence-electron chi connectivity index (χ4n) is 5.56. The molecule has 4 rings (SSSR count). The van der Waals surface area contributed by atoms with Gasteiger partial charge in [0.15, 0.2) is 0 Å². The van der Waals surface area contributed by atoms with E-state index >= 15 is 0 Å². The molecule has 4 aliphatic carbocycles. The topological polar surface area (TPSA) is 93.7 Å². The zero-order valence-electron chi connectivity index (χ0n) is 17.4. The Bertz CT molecular complexity index is 768. The number of allylic oxidation sites excluding steroid dienone is 2. The van der Waals surface area contributed by atoms with Gasteiger partial charge in [0.2, 0.25) is 5.91 Å². The van der Waals surface area contributed by atoms with Crippen LogP contribution in [-0.4, -0.2) is 42.8 Å². The third-order valence-electron chi connectivity index (χ3n) is 6.69. The summed E-state index contributed by atoms with van der Waals surface area (Å²) >= 11 is 0. The molecule has 7 heteroatoms. The van der Waals surface area contributed by atoms with Crippen molar-refractivity contribution in [3.63, 3.8) is 0 Å². The second-order valence-corrected chi connectivity index (χ2v) is 9.68. The van der Waals surface area contributed by atoms with Gasteiger partial charge in [-0.3, -0.25) is 9.59 Å². The molecule has 4 bridgehead atoms. The van der Waals surface area contributed by atoms with Crippen molar-refractivity contribution in [1.82, 2.24) is 10.6 Å². The van der Waals surface area contributed by atoms with Crippen molar-refractivity contribution >= 4 is 18.0 Å². The fourth-order valence-corrected chi connectivity index (χ4v) is 5.56. The Kier molecular flexibility index (Phi) is 4.95. The van der Waals surface area contributed by atoms with Gasteiger partial charge in [-0.25, -0.2) is 4.79 Å². The minimum atomic E-state index is -0.599. The van der Waals surface area contributed by atoms with E-state index in [2.05, 4.69) is 34.9 Å². The molecule has 0 heterocycles. The lowest BCUT2D eigenvalue weighted by Crippen LogP contribution is -2.54. The van der Waals surface area contributed by atoms with Crippen LogP contribution in [0.4, 0.5) is 4.79 Å². The van der Waals surface area contributed by atoms with E-state index in [9.17, 15) is 14.4 Å². The summed E-state index contributed by atoms with van der Waals surface area (Å²) < 4.78 is 10.4. The van der Waals surface area contributed by atoms with Crippen molar-refractivity contribution in [3.8, 4) is 0 Å². The minimum absolute atomic E-state index is 0.0886. The number of amides is 2. The zero-order chi connectivity index (χ0) is 20.9. The Morgan fingerprint density at radius 1 is 0.828 bits per heavy atom. The highest BCUT2D eigenvalue weighted by molar-refractivity contribution is 5.84. The van der Waals surface area contributed by atoms with E-state index in [1.807, 2.05) is 20.8 Å². The van der Waals surface area contributed by atoms with Crippen molar-refractivity contribution in [1.29, 1.82) is 0 Å². The van der Waals surface area contributed by atoms with Crippen LogP contribution < -0.4 is 10.6 Å². The Hall–Kier alpha value is -2.31. The van der Waals surface area contributed by atoms with E-state index in [-0.39, 0.29) is 59.5 Å². The Labute approximate surface area is 171 Å². The maximum Gasteiger partial charge on any atom is 0.407 e. The second kappa shape index (κ2) is 7.18. The third kappa shape index (κ3) is 3.67. The summed E-state index contributed by atoms with van der Waals surface area (Å²) in [5.74, 6) is -0.603. The number of alkyl carbamates (subject to hydrolysis) is 1. The van der Waals surface area contributed by atoms with Gasteiger partial charge in [-0.05, 0) is 57.3 Å². The Balaban J connectivity index is 1.47. The van der Waals surface area contributed by atoms with Gasteiger partial charge >= 0.3 is 12.1 Å². The average molecular weight is 402 g/mol. The first-order chi connectivity index (χ1) is 13.7. The van der Waals surface area contributed by atoms with E-state index < -0.39 is 11.7 Å². The molecule has 158 valence electrons. The van der Waals surface area contributed by atoms with Crippen LogP contribution in [0, 0.1) is 35.5 Å². The van der Waals surface area contributed by atoms with E-state index in [1.54, 1.807) is 0 Å². The summed E-state index contributed by atoms with van der Waals surface area (Å²) in [6.45, 7) is 5.44. The van der Waals surface area contributed by atoms with Crippen molar-refractivity contribution < 1.29 is 23.9 Å². The monoisotopic (exact) mass is 402 g/mol. The molecule has 2 amide bonds. The smallest absolute Gasteiger partial charge is 0.407 e. The standard InChI is InChI=1S/C22H30N2O5/c1-22(2,3)29-21(27)24-17-13-7-5-11(9-13)15(17)19(25)23-18-14-8-6-12(10-14)16(18)20(26)28-4/h5-8,11-18H,9-10H2,1-4H3,(H,23,25)(H,24,27)/t11-,12-,13+,14+,15+,16+,17-,18-/m0/s1. The molecule has 2 fully saturated rings. The van der Waals surface area contributed by atoms with E-state index in [0.717, 1.165) is 12.8 Å². The van der Waals surface area contributed by atoms with Crippen LogP contribution in [0.2, 0.25) is 0 Å². The molecule has 0 aromatic rings. The molecule has 0 spiro atoms. The van der Waals surface area contributed by atoms with E-state index in [0.29, 0.717) is 0 Å². The molecule has 0 aromatic carbocycles. The predicted molar refractivity (Wildman–Crippen MR) is 106 cm³/mol. The summed E-state index contributed by atoms with van der Waals surface area (Å²) in [6, 6.07) is -0.555. The number of nitrogens with one attached hydrogen (secondary N) is 2. The molecular weight excluding hydrogens is 372 g/mol. The lowest BCUT2D eigenvalue weighted by molar-refractivity contribution is -0.147. The normalized spacial score (nSPS) is 38.9. The second-order valence-electron chi connectivity index (χ2n) is 9.68. The maximum absolute atomic E-state index is 13.3. The van der Waals surface area contributed by atoms with Gasteiger partial charge in [-0.15, -0.1) is 0 Å². The molecule has 0 radical (unpaired) electrons. The number of fused-ring (bicyclic) bond motifs is 4. The highest BCUT2D eigenvalue weighted by Gasteiger charge is 2.53. The van der Waals surface area contributed by atoms with Crippen LogP contribution in [0.5, 0.6) is 0 Å². The molecule has 0 aliphatic heterocycles. The van der Waals surface area contributed by atoms with Crippen LogP contribution in [0.1, 0.15) is 33.6 Å². The number of hydrogen-bond donors (Lipinski definition) is 2. The molecule has 4 aliphatic rings. The zero-order valence-corrected chi connectivity index (χ0v) is 17.4. The van der Waals surface area contributed by atoms with Gasteiger partial charge in [0, 0.05) is 6.04 Å². The Morgan fingerprint density at radius 2 is 1.34 bits per heavy atom. The summed E-state index contributed by atoms with van der Waals surface area (Å²) in [5.41, 5.74) is -0.599. The van der Waals surface area contributed by atoms with Crippen molar-refractivity contribution in [2.24, 2.45) is 35.5 Å². The summed E-state index contributed by atoms with van der Waals surface area (Å²) in [6.07, 6.45) is 9.50. The van der Waals surface area contributed by atoms with E-state index in [1.165, 1.54) is 7.11 Å². The third-order valence-corrected chi connectivity index (χ3v) is 6.69. The number of methoxy groups -OCH3 is 1. The number of carbonyl (C=O) groups is 3. The van der Waals surface area contributed by atoms with Crippen molar-refractivity contribution in [2.45, 2.75) is 51.3 Å². The summed E-state index contributed by atoms with van der Waals surface area (Å²) in [4.78, 5) is 37.9. The first-order valence-corrected chi connectivity index (χ1v) is 10.4. The fraction of sp³-hybridized carbons (Fsp3) is 0.682. The highest BCUT2D eigenvalue weighted by atomic mass is 16.6. The number of ether oxygens (including phenoxy) is 2. The minimum Gasteiger partial charge on any atom is -0.469 e. The van der Waals surface area contributed by atoms with Crippen LogP contribution >= 0.6 is 0 Å². The quantitative estimate of drug-likeness (QED) is 0.555. The van der Waals surface area contributed by atoms with Crippen LogP contribution in [0.3, 0.4) is 0 Å². The number of rotatable bonds is 4. The Morgan fingerprint density at radius 3 is 1.90 bits per heavy atom. The SMILES string of the molecule is COC(=O)[C@H]1[C@@H](NC(=O)[C@H]2[C@@H](NC(=O)OC(C)(C)C)[C@@H]3C=C[C@H]2C3)[C@@H]2C=C[C@H]1C2. The van der Waals surface area contributed by atoms with Gasteiger partial charge < -0.3 is 20.1 Å². The van der Waals surface area contributed by atoms with Crippen LogP contribution in [0.25, 0.3) is 0 Å². The van der Waals surface area contributed by atoms with Crippen molar-refractivity contribution in [3.05, 3.63) is 24.3 Å². The van der Waals surface area contributed by atoms with Crippen molar-refractivity contribution in [2.75, 3.05) is 7.11 Å². The van der Waals surface area contributed by atoms with Gasteiger partial charge in [-0.2, -0.15) is 0 Å². The summed E-state index contributed by atoms with van der Waals surface area (Å²) in [7, 11) is 1.39. The molecule has 0 aromatic heterocycles. The van der Waals surface area contributed by atoms with Gasteiger partial charge in [0.05, 0.1) is 25.0 Å². The molecule has 29 heavy (non-hydrogen) atoms. The molecule has 7 nitrogen and oxygen atoms in total. The lowest BCUT2D eigenvalue weighted by Gasteiger charge is -2.32. The lowest BCUT2D eigenvalue weighted by atomic mass is 9.85. The number of carbonyl (C=O) groups excluding carboxylic acids is 3. The van der Waals surface area contributed by atoms with Gasteiger partial charge in [-0.1, -0.05) is 24.3 Å². The maximum atomic E-state index is 13.3. The number of esters is 1. The molecule has 0 saturated heterocycles. The van der Waals surface area contributed by atoms with Gasteiger partial charge in [0.1, 0.15) is 5.60 Å². The van der Waals surface area contributed by atoms with Crippen LogP contribution in [-0.2, 0) is 19.1 Å².